The minimum absolute atomic E-state index is 1.51. The van der Waals surface area contributed by atoms with Crippen molar-refractivity contribution in [1.29, 1.82) is 0 Å². The maximum atomic E-state index is 6.60. The van der Waals surface area contributed by atoms with Crippen molar-refractivity contribution in [2.75, 3.05) is 0 Å². The second-order valence-corrected chi connectivity index (χ2v) is 43.6. The monoisotopic (exact) mass is 684 g/mol. The van der Waals surface area contributed by atoms with E-state index in [0.29, 0.717) is 0 Å². The minimum atomic E-state index is -3.13. The Morgan fingerprint density at radius 3 is 1.42 bits per heavy atom. The summed E-state index contributed by atoms with van der Waals surface area (Å²) in [5, 5.41) is 0. The first-order chi connectivity index (χ1) is 15.8. The van der Waals surface area contributed by atoms with Crippen molar-refractivity contribution in [3.05, 3.63) is 0 Å². The second-order valence-electron chi connectivity index (χ2n) is 12.0. The highest BCUT2D eigenvalue weighted by Gasteiger charge is 2.56. The summed E-state index contributed by atoms with van der Waals surface area (Å²) >= 11 is 0. The first kappa shape index (κ1) is 33.9. The molecule has 0 spiro atoms. The molecule has 21 heteroatoms. The predicted molar refractivity (Wildman–Crippen MR) is 162 cm³/mol. The molecule has 2 unspecified atom stereocenters. The summed E-state index contributed by atoms with van der Waals surface area (Å²) < 4.78 is 70.4. The highest BCUT2D eigenvalue weighted by atomic mass is 28.6. The summed E-state index contributed by atoms with van der Waals surface area (Å²) in [4.78, 5) is 0. The summed E-state index contributed by atoms with van der Waals surface area (Å²) in [6.45, 7) is 30.0. The van der Waals surface area contributed by atoms with Gasteiger partial charge in [0.25, 0.3) is 10.0 Å². The van der Waals surface area contributed by atoms with Crippen LogP contribution in [0.5, 0.6) is 0 Å². The SMILES string of the molecule is C[SiH]1O[Si](C)(C)O[Si](C)(C)O[Si](C)(O[SiH2]O[Si](C)(C)O[Si]2(C)O[Si](C)(C)O[Si](C)(C)O[Si](C)(C)O2)O1. The van der Waals surface area contributed by atoms with Gasteiger partial charge in [0.15, 0.2) is 0 Å². The topological polar surface area (TPSA) is 102 Å². The van der Waals surface area contributed by atoms with E-state index in [1.807, 2.05) is 98.2 Å². The summed E-state index contributed by atoms with van der Waals surface area (Å²) in [6.07, 6.45) is 0. The average molecular weight is 685 g/mol. The van der Waals surface area contributed by atoms with Gasteiger partial charge in [-0.25, -0.2) is 0 Å². The van der Waals surface area contributed by atoms with Crippen LogP contribution in [0.25, 0.3) is 0 Å². The molecule has 2 fully saturated rings. The molecule has 2 aliphatic rings. The van der Waals surface area contributed by atoms with Crippen LogP contribution in [0, 0.1) is 0 Å². The van der Waals surface area contributed by atoms with Crippen LogP contribution in [0.2, 0.25) is 98.2 Å². The quantitative estimate of drug-likeness (QED) is 0.385. The van der Waals surface area contributed by atoms with Gasteiger partial charge in [0.1, 0.15) is 0 Å². The van der Waals surface area contributed by atoms with E-state index in [-0.39, 0.29) is 0 Å². The van der Waals surface area contributed by atoms with E-state index < -0.39 is 88.3 Å². The van der Waals surface area contributed by atoms with Crippen molar-refractivity contribution < 1.29 is 45.3 Å². The van der Waals surface area contributed by atoms with E-state index in [4.69, 9.17) is 45.3 Å². The van der Waals surface area contributed by atoms with Gasteiger partial charge in [0, 0.05) is 13.1 Å². The normalized spacial score (nSPS) is 33.9. The van der Waals surface area contributed by atoms with Crippen LogP contribution in [0.1, 0.15) is 0 Å². The fourth-order valence-electron chi connectivity index (χ4n) is 4.85. The molecule has 2 rings (SSSR count). The largest absolute Gasteiger partial charge is 0.470 e. The lowest BCUT2D eigenvalue weighted by atomic mass is 11.9. The third-order valence-electron chi connectivity index (χ3n) is 4.76. The molecule has 0 N–H and O–H groups in total. The lowest BCUT2D eigenvalue weighted by Crippen LogP contribution is -2.68. The van der Waals surface area contributed by atoms with Crippen molar-refractivity contribution in [3.63, 3.8) is 0 Å². The Kier molecular flexibility index (Phi) is 10.5. The molecule has 0 saturated carbocycles. The van der Waals surface area contributed by atoms with Crippen molar-refractivity contribution in [1.82, 2.24) is 0 Å². The molecule has 0 aromatic carbocycles. The van der Waals surface area contributed by atoms with Crippen molar-refractivity contribution in [2.45, 2.75) is 98.2 Å². The van der Waals surface area contributed by atoms with E-state index >= 15 is 0 Å². The summed E-state index contributed by atoms with van der Waals surface area (Å²) in [6, 6.07) is 0. The molecular weight excluding hydrogens is 637 g/mol. The Morgan fingerprint density at radius 1 is 0.556 bits per heavy atom. The predicted octanol–water partition coefficient (Wildman–Crippen LogP) is 3.39. The lowest BCUT2D eigenvalue weighted by Gasteiger charge is -2.48. The van der Waals surface area contributed by atoms with Gasteiger partial charge in [-0.05, 0) is 85.1 Å². The van der Waals surface area contributed by atoms with Gasteiger partial charge < -0.3 is 45.3 Å². The Bertz CT molecular complexity index is 761. The molecule has 2 aliphatic heterocycles. The highest BCUT2D eigenvalue weighted by molar-refractivity contribution is 6.94. The van der Waals surface area contributed by atoms with Gasteiger partial charge in [-0.2, -0.15) is 0 Å². The Balaban J connectivity index is 2.09. The molecule has 11 nitrogen and oxygen atoms in total. The van der Waals surface area contributed by atoms with Gasteiger partial charge in [-0.3, -0.25) is 0 Å². The number of hydrogen-bond donors (Lipinski definition) is 0. The molecule has 2 atom stereocenters. The standard InChI is InChI=1S/C15H48O11Si10/c1-28-18-30(4,5)20-32(8,9)24-35(14,19-28)17-27-16-29(2,3)23-36(15)25-33(10,11)21-31(6,7)22-34(12,13)26-36/h28H,27H2,1-15H3. The van der Waals surface area contributed by atoms with E-state index in [2.05, 4.69) is 0 Å². The van der Waals surface area contributed by atoms with E-state index in [1.54, 1.807) is 0 Å². The number of rotatable bonds is 6. The minimum Gasteiger partial charge on any atom is -0.420 e. The van der Waals surface area contributed by atoms with E-state index in [9.17, 15) is 0 Å². The van der Waals surface area contributed by atoms with Crippen LogP contribution in [-0.4, -0.2) is 88.3 Å². The Labute approximate surface area is 230 Å². The first-order valence-corrected chi connectivity index (χ1v) is 36.9. The zero-order valence-electron chi connectivity index (χ0n) is 24.8. The summed E-state index contributed by atoms with van der Waals surface area (Å²) in [5.74, 6) is 0. The molecular formula is C15H48O11Si10. The molecule has 0 bridgehead atoms. The highest BCUT2D eigenvalue weighted by Crippen LogP contribution is 2.33. The maximum Gasteiger partial charge on any atom is 0.470 e. The van der Waals surface area contributed by atoms with Crippen LogP contribution in [0.15, 0.2) is 0 Å². The Morgan fingerprint density at radius 2 is 0.944 bits per heavy atom. The van der Waals surface area contributed by atoms with E-state index in [0.717, 1.165) is 0 Å². The zero-order chi connectivity index (χ0) is 28.1. The second kappa shape index (κ2) is 11.2. The third-order valence-corrected chi connectivity index (χ3v) is 42.8. The fraction of sp³-hybridized carbons (Fsp3) is 1.00. The van der Waals surface area contributed by atoms with Crippen molar-refractivity contribution in [2.24, 2.45) is 0 Å². The molecule has 0 amide bonds. The smallest absolute Gasteiger partial charge is 0.420 e. The molecule has 0 radical (unpaired) electrons. The van der Waals surface area contributed by atoms with Gasteiger partial charge in [-0.15, -0.1) is 0 Å². The average Bonchev–Trinajstić information content (AvgIpc) is 2.43. The molecule has 0 aliphatic carbocycles. The first-order valence-electron chi connectivity index (χ1n) is 12.3. The summed E-state index contributed by atoms with van der Waals surface area (Å²) in [5.41, 5.74) is 0. The molecule has 2 heterocycles. The molecule has 214 valence electrons. The van der Waals surface area contributed by atoms with Crippen LogP contribution in [0.3, 0.4) is 0 Å². The zero-order valence-corrected chi connectivity index (χ0v) is 35.3. The van der Waals surface area contributed by atoms with Crippen LogP contribution < -0.4 is 0 Å². The maximum absolute atomic E-state index is 6.60. The van der Waals surface area contributed by atoms with Gasteiger partial charge >= 0.3 is 78.3 Å². The van der Waals surface area contributed by atoms with Gasteiger partial charge in [0.2, 0.25) is 0 Å². The van der Waals surface area contributed by atoms with Crippen LogP contribution in [0.4, 0.5) is 0 Å². The summed E-state index contributed by atoms with van der Waals surface area (Å²) in [7, 11) is -24.6. The molecule has 36 heavy (non-hydrogen) atoms. The molecule has 0 aromatic heterocycles. The van der Waals surface area contributed by atoms with Crippen LogP contribution >= 0.6 is 0 Å². The lowest BCUT2D eigenvalue weighted by molar-refractivity contribution is 0.169. The van der Waals surface area contributed by atoms with Crippen molar-refractivity contribution >= 4 is 88.3 Å². The fourth-order valence-corrected chi connectivity index (χ4v) is 49.8. The molecule has 2 saturated heterocycles. The van der Waals surface area contributed by atoms with Gasteiger partial charge in [0.05, 0.1) is 0 Å². The molecule has 0 aromatic rings. The van der Waals surface area contributed by atoms with Crippen molar-refractivity contribution in [3.8, 4) is 0 Å². The van der Waals surface area contributed by atoms with E-state index in [1.165, 1.54) is 0 Å². The van der Waals surface area contributed by atoms with Gasteiger partial charge in [-0.1, -0.05) is 0 Å². The Hall–Kier alpha value is 1.73. The number of hydrogen-bond acceptors (Lipinski definition) is 11. The van der Waals surface area contributed by atoms with Crippen LogP contribution in [-0.2, 0) is 45.3 Å². The third kappa shape index (κ3) is 11.3.